The van der Waals surface area contributed by atoms with Crippen molar-refractivity contribution in [1.82, 2.24) is 0 Å². The molecule has 4 amide bonds. The maximum atomic E-state index is 15.1. The molecule has 0 saturated heterocycles. The fourth-order valence-corrected chi connectivity index (χ4v) is 11.7. The van der Waals surface area contributed by atoms with E-state index in [1.807, 2.05) is 0 Å². The van der Waals surface area contributed by atoms with Gasteiger partial charge < -0.3 is 58.9 Å². The maximum Gasteiger partial charge on any atom is 0.340 e. The summed E-state index contributed by atoms with van der Waals surface area (Å²) in [6, 6.07) is 26.0. The van der Waals surface area contributed by atoms with Crippen molar-refractivity contribution in [3.63, 3.8) is 0 Å². The molecule has 0 radical (unpaired) electrons. The lowest BCUT2D eigenvalue weighted by Crippen LogP contribution is -2.31. The zero-order valence-corrected chi connectivity index (χ0v) is 57.7. The van der Waals surface area contributed by atoms with Crippen LogP contribution in [0.5, 0.6) is 34.5 Å². The molecule has 2 aliphatic heterocycles. The van der Waals surface area contributed by atoms with Crippen LogP contribution in [-0.4, -0.2) is 122 Å². The van der Waals surface area contributed by atoms with Gasteiger partial charge in [0.1, 0.15) is 74.3 Å². The fourth-order valence-electron chi connectivity index (χ4n) is 11.7. The third-order valence-corrected chi connectivity index (χ3v) is 15.6. The Kier molecular flexibility index (Phi) is 25.7. The third-order valence-electron chi connectivity index (χ3n) is 15.6. The van der Waals surface area contributed by atoms with E-state index in [1.54, 1.807) is 128 Å². The van der Waals surface area contributed by atoms with E-state index in [-0.39, 0.29) is 139 Å². The summed E-state index contributed by atoms with van der Waals surface area (Å²) in [6.07, 6.45) is -1.15. The first-order valence-electron chi connectivity index (χ1n) is 32.7. The van der Waals surface area contributed by atoms with Crippen molar-refractivity contribution in [2.24, 2.45) is 0 Å². The van der Waals surface area contributed by atoms with Crippen LogP contribution < -0.4 is 44.0 Å². The number of anilines is 3. The zero-order chi connectivity index (χ0) is 76.8. The van der Waals surface area contributed by atoms with Gasteiger partial charge in [-0.25, -0.2) is 45.7 Å². The van der Waals surface area contributed by atoms with Crippen LogP contribution in [0.1, 0.15) is 134 Å². The Labute approximate surface area is 595 Å². The first kappa shape index (κ1) is 78.3. The lowest BCUT2D eigenvalue weighted by atomic mass is 9.97. The minimum atomic E-state index is -1.37. The van der Waals surface area contributed by atoms with Crippen molar-refractivity contribution < 1.29 is 123 Å². The number of benzene rings is 9. The molecule has 9 aromatic carbocycles. The van der Waals surface area contributed by atoms with Crippen LogP contribution in [0, 0.1) is 34.9 Å². The number of nitrogen functional groups attached to an aromatic ring is 1. The number of aliphatic carboxylic acids is 1. The number of hydrogen-bond donors (Lipinski definition) is 4. The molecule has 29 heteroatoms. The average molecular weight is 1460 g/mol. The number of aromatic carboxylic acids is 2. The van der Waals surface area contributed by atoms with E-state index in [1.165, 1.54) is 0 Å². The molecule has 105 heavy (non-hydrogen) atoms. The van der Waals surface area contributed by atoms with Gasteiger partial charge in [0.05, 0.1) is 94.4 Å². The highest BCUT2D eigenvalue weighted by Crippen LogP contribution is 2.49. The number of amides is 4. The van der Waals surface area contributed by atoms with Crippen molar-refractivity contribution >= 4 is 103 Å². The summed E-state index contributed by atoms with van der Waals surface area (Å²) in [7, 11) is 0. The molecule has 11 rings (SSSR count). The molecule has 0 aromatic heterocycles. The Morgan fingerprint density at radius 2 is 0.581 bits per heavy atom. The molecule has 5 N–H and O–H groups in total. The number of ether oxygens (including phenoxy) is 8. The Balaban J connectivity index is 0.000000185. The van der Waals surface area contributed by atoms with Crippen molar-refractivity contribution in [2.45, 2.75) is 74.7 Å². The van der Waals surface area contributed by atoms with Crippen molar-refractivity contribution in [2.75, 3.05) is 68.4 Å². The molecule has 23 nitrogen and oxygen atoms in total. The molecule has 0 aliphatic carbocycles. The standard InChI is InChI=1S/C26H23F2NO6.C24H19F2NO6.C16H16O6.C10H11F2NO2/c1-4-33-19(30)13-14-11-17(27)22(18(28)12-14)29-25(31)20-21(26(29)32)24(35-6-3)16-10-8-7-9-15(16)23(20)34-5-2;1-3-32-21-13-7-5-6-8-14(13)22(33-4-2)19-18(21)23(30)27(24(19)31)20-15(25)9-12(10-16(20)26)11-17(28)29;1-3-21-13-9-7-5-6-8-10(9)14(22-4-2)12(16(19)20)11(13)15(17)18;1-2-15-9(14)5-6-3-7(11)10(13)8(12)4-6/h7-12H,4-6,13H2,1-3H3;5-10H,3-4,11H2,1-2H3,(H,28,29);5-8H,3-4H2,1-2H3,(H,17,18)(H,19,20);3-4H,2,5,13H2,1H3. The van der Waals surface area contributed by atoms with Crippen LogP contribution in [0.2, 0.25) is 0 Å². The molecule has 0 spiro atoms. The number of carbonyl (C=O) groups is 9. The molecule has 9 aromatic rings. The van der Waals surface area contributed by atoms with Crippen LogP contribution in [-0.2, 0) is 43.1 Å². The van der Waals surface area contributed by atoms with Crippen molar-refractivity contribution in [3.05, 3.63) is 194 Å². The van der Waals surface area contributed by atoms with Gasteiger partial charge in [-0.3, -0.25) is 33.6 Å². The topological polar surface area (TPSA) is 321 Å². The van der Waals surface area contributed by atoms with Crippen LogP contribution >= 0.6 is 0 Å². The van der Waals surface area contributed by atoms with Crippen LogP contribution in [0.15, 0.2) is 109 Å². The molecule has 0 fully saturated rings. The number of nitrogens with zero attached hydrogens (tertiary/aromatic N) is 2. The Hall–Kier alpha value is -12.4. The van der Waals surface area contributed by atoms with E-state index < -0.39 is 123 Å². The normalized spacial score (nSPS) is 11.9. The van der Waals surface area contributed by atoms with Gasteiger partial charge in [-0.05, 0) is 108 Å². The van der Waals surface area contributed by atoms with Gasteiger partial charge >= 0.3 is 29.8 Å². The van der Waals surface area contributed by atoms with Crippen molar-refractivity contribution in [1.29, 1.82) is 0 Å². The van der Waals surface area contributed by atoms with Gasteiger partial charge in [-0.15, -0.1) is 0 Å². The third kappa shape index (κ3) is 16.3. The average Bonchev–Trinajstić information content (AvgIpc) is 1.57. The number of esters is 2. The predicted molar refractivity (Wildman–Crippen MR) is 371 cm³/mol. The van der Waals surface area contributed by atoms with E-state index in [4.69, 9.17) is 44.0 Å². The van der Waals surface area contributed by atoms with Gasteiger partial charge in [-0.2, -0.15) is 0 Å². The second-order valence-electron chi connectivity index (χ2n) is 22.3. The summed E-state index contributed by atoms with van der Waals surface area (Å²) >= 11 is 0. The molecule has 0 atom stereocenters. The maximum absolute atomic E-state index is 15.1. The predicted octanol–water partition coefficient (Wildman–Crippen LogP) is 13.9. The number of rotatable bonds is 24. The fraction of sp³-hybridized carbons (Fsp3) is 0.250. The molecular weight excluding hydrogens is 1390 g/mol. The molecule has 2 aliphatic rings. The van der Waals surface area contributed by atoms with E-state index in [0.717, 1.165) is 36.4 Å². The van der Waals surface area contributed by atoms with Crippen LogP contribution in [0.4, 0.5) is 43.4 Å². The lowest BCUT2D eigenvalue weighted by molar-refractivity contribution is -0.143. The first-order chi connectivity index (χ1) is 50.2. The zero-order valence-electron chi connectivity index (χ0n) is 57.7. The monoisotopic (exact) mass is 1460 g/mol. The number of nitrogens with two attached hydrogens (primary N) is 1. The van der Waals surface area contributed by atoms with E-state index in [0.29, 0.717) is 42.1 Å². The number of carboxylic acids is 3. The Bertz CT molecular complexity index is 4690. The Morgan fingerprint density at radius 1 is 0.352 bits per heavy atom. The SMILES string of the molecule is CCOC(=O)Cc1cc(F)c(N)c(F)c1.CCOC(=O)Cc1cc(F)c(N2C(=O)c3c(c(OCC)c4ccccc4c3OCC)C2=O)c(F)c1.CCOc1c(C(=O)O)c(C(=O)O)c(OCC)c2ccccc12.CCOc1c2c(c(OCC)c3ccccc13)C(=O)N(c1c(F)cc(CC(=O)O)cc1F)C2=O. The molecule has 550 valence electrons. The largest absolute Gasteiger partial charge is 0.492 e. The molecule has 0 saturated carbocycles. The number of hydrogen-bond acceptors (Lipinski definition) is 18. The molecule has 0 bridgehead atoms. The molecular formula is C76H69F6N3O20. The Morgan fingerprint density at radius 3 is 0.810 bits per heavy atom. The first-order valence-corrected chi connectivity index (χ1v) is 32.7. The molecule has 2 heterocycles. The summed E-state index contributed by atoms with van der Waals surface area (Å²) in [5.74, 6) is -14.9. The van der Waals surface area contributed by atoms with Gasteiger partial charge in [0.25, 0.3) is 23.6 Å². The minimum absolute atomic E-state index is 0.00885. The summed E-state index contributed by atoms with van der Waals surface area (Å²) in [5.41, 5.74) is 1.58. The van der Waals surface area contributed by atoms with E-state index in [9.17, 15) is 70.9 Å². The molecule has 0 unspecified atom stereocenters. The highest BCUT2D eigenvalue weighted by atomic mass is 19.2. The smallest absolute Gasteiger partial charge is 0.340 e. The van der Waals surface area contributed by atoms with E-state index >= 15 is 8.78 Å². The van der Waals surface area contributed by atoms with Gasteiger partial charge in [-0.1, -0.05) is 72.8 Å². The summed E-state index contributed by atoms with van der Waals surface area (Å²) in [5, 5.41) is 31.0. The number of fused-ring (bicyclic) bond motifs is 5. The number of halogens is 6. The van der Waals surface area contributed by atoms with Crippen molar-refractivity contribution in [3.8, 4) is 34.5 Å². The summed E-state index contributed by atoms with van der Waals surface area (Å²) in [6.45, 7) is 15.1. The highest BCUT2D eigenvalue weighted by molar-refractivity contribution is 6.39. The van der Waals surface area contributed by atoms with Gasteiger partial charge in [0.2, 0.25) is 0 Å². The number of imide groups is 2. The van der Waals surface area contributed by atoms with Crippen LogP contribution in [0.3, 0.4) is 0 Å². The second-order valence-corrected chi connectivity index (χ2v) is 22.3. The highest BCUT2D eigenvalue weighted by Gasteiger charge is 2.47. The lowest BCUT2D eigenvalue weighted by Gasteiger charge is -2.18. The summed E-state index contributed by atoms with van der Waals surface area (Å²) in [4.78, 5) is 112. The van der Waals surface area contributed by atoms with Gasteiger partial charge in [0, 0.05) is 32.3 Å². The summed E-state index contributed by atoms with van der Waals surface area (Å²) < 4.78 is 129. The minimum Gasteiger partial charge on any atom is -0.492 e. The number of carboxylic acid groups (broad SMARTS) is 3. The second kappa shape index (κ2) is 34.5. The van der Waals surface area contributed by atoms with Crippen LogP contribution in [0.25, 0.3) is 32.3 Å². The quantitative estimate of drug-likeness (QED) is 0.0189. The van der Waals surface area contributed by atoms with Gasteiger partial charge in [0.15, 0.2) is 23.3 Å². The number of carbonyl (C=O) groups excluding carboxylic acids is 6. The van der Waals surface area contributed by atoms with E-state index in [2.05, 4.69) is 4.74 Å².